The predicted molar refractivity (Wildman–Crippen MR) is 121 cm³/mol. The molecule has 1 aliphatic heterocycles. The van der Waals surface area contributed by atoms with Crippen molar-refractivity contribution in [2.24, 2.45) is 16.8 Å². The summed E-state index contributed by atoms with van der Waals surface area (Å²) in [5.41, 5.74) is 1.78. The van der Waals surface area contributed by atoms with Gasteiger partial charge in [-0.25, -0.2) is 0 Å². The number of likely N-dealkylation sites (tertiary alicyclic amines) is 1. The quantitative estimate of drug-likeness (QED) is 0.288. The largest absolute Gasteiger partial charge is 0.469 e. The topological polar surface area (TPSA) is 74.2 Å². The van der Waals surface area contributed by atoms with Crippen LogP contribution in [0.4, 0.5) is 0 Å². The SMILES string of the molecule is CN=C(NCCc1cccc(C(=O)N(C)C)c1)N1CC(C)C(C(=O)OC)C1.I. The molecule has 2 unspecified atom stereocenters. The maximum absolute atomic E-state index is 12.1. The second-order valence-corrected chi connectivity index (χ2v) is 7.14. The minimum Gasteiger partial charge on any atom is -0.469 e. The number of guanidine groups is 1. The lowest BCUT2D eigenvalue weighted by Crippen LogP contribution is -2.41. The van der Waals surface area contributed by atoms with Crippen molar-refractivity contribution in [3.63, 3.8) is 0 Å². The molecule has 1 amide bonds. The van der Waals surface area contributed by atoms with Crippen molar-refractivity contribution in [1.29, 1.82) is 0 Å². The molecule has 1 fully saturated rings. The number of aliphatic imine (C=N–C) groups is 1. The Bertz CT molecular complexity index is 708. The van der Waals surface area contributed by atoms with E-state index in [1.165, 1.54) is 7.11 Å². The molecule has 28 heavy (non-hydrogen) atoms. The molecule has 1 N–H and O–H groups in total. The molecule has 0 radical (unpaired) electrons. The highest BCUT2D eigenvalue weighted by molar-refractivity contribution is 14.0. The molecule has 0 spiro atoms. The average Bonchev–Trinajstić information content (AvgIpc) is 3.05. The molecular formula is C20H31IN4O3. The first-order chi connectivity index (χ1) is 12.9. The van der Waals surface area contributed by atoms with Crippen LogP contribution in [0, 0.1) is 11.8 Å². The Labute approximate surface area is 184 Å². The molecule has 1 saturated heterocycles. The van der Waals surface area contributed by atoms with Gasteiger partial charge in [0.05, 0.1) is 13.0 Å². The van der Waals surface area contributed by atoms with Crippen LogP contribution >= 0.6 is 24.0 Å². The summed E-state index contributed by atoms with van der Waals surface area (Å²) < 4.78 is 4.90. The zero-order chi connectivity index (χ0) is 20.0. The third kappa shape index (κ3) is 6.08. The zero-order valence-electron chi connectivity index (χ0n) is 17.3. The minimum absolute atomic E-state index is 0. The van der Waals surface area contributed by atoms with Crippen molar-refractivity contribution < 1.29 is 14.3 Å². The van der Waals surface area contributed by atoms with E-state index in [2.05, 4.69) is 22.1 Å². The van der Waals surface area contributed by atoms with Crippen LogP contribution in [0.15, 0.2) is 29.3 Å². The number of hydrogen-bond donors (Lipinski definition) is 1. The first-order valence-electron chi connectivity index (χ1n) is 9.21. The second kappa shape index (κ2) is 11.2. The zero-order valence-corrected chi connectivity index (χ0v) is 19.6. The normalized spacial score (nSPS) is 19.0. The fraction of sp³-hybridized carbons (Fsp3) is 0.550. The minimum atomic E-state index is -0.164. The van der Waals surface area contributed by atoms with Gasteiger partial charge in [0.15, 0.2) is 5.96 Å². The molecule has 0 saturated carbocycles. The lowest BCUT2D eigenvalue weighted by Gasteiger charge is -2.21. The van der Waals surface area contributed by atoms with E-state index in [1.54, 1.807) is 26.0 Å². The Kier molecular flexibility index (Phi) is 9.71. The summed E-state index contributed by atoms with van der Waals surface area (Å²) in [5, 5.41) is 3.36. The highest BCUT2D eigenvalue weighted by Crippen LogP contribution is 2.24. The van der Waals surface area contributed by atoms with Gasteiger partial charge in [0, 0.05) is 46.3 Å². The van der Waals surface area contributed by atoms with E-state index in [-0.39, 0.29) is 47.7 Å². The van der Waals surface area contributed by atoms with Gasteiger partial charge in [-0.05, 0) is 30.0 Å². The van der Waals surface area contributed by atoms with Gasteiger partial charge >= 0.3 is 5.97 Å². The van der Waals surface area contributed by atoms with Crippen molar-refractivity contribution in [3.8, 4) is 0 Å². The monoisotopic (exact) mass is 502 g/mol. The number of nitrogens with one attached hydrogen (secondary N) is 1. The molecule has 8 heteroatoms. The van der Waals surface area contributed by atoms with Crippen LogP contribution in [0.3, 0.4) is 0 Å². The summed E-state index contributed by atoms with van der Waals surface area (Å²) in [4.78, 5) is 32.0. The fourth-order valence-electron chi connectivity index (χ4n) is 3.37. The van der Waals surface area contributed by atoms with Crippen molar-refractivity contribution in [3.05, 3.63) is 35.4 Å². The standard InChI is InChI=1S/C20H30N4O3.HI/c1-14-12-24(13-17(14)19(26)27-5)20(21-2)22-10-9-15-7-6-8-16(11-15)18(25)23(3)4;/h6-8,11,14,17H,9-10,12-13H2,1-5H3,(H,21,22);1H. The lowest BCUT2D eigenvalue weighted by molar-refractivity contribution is -0.145. The lowest BCUT2D eigenvalue weighted by atomic mass is 9.99. The van der Waals surface area contributed by atoms with Crippen LogP contribution in [0.2, 0.25) is 0 Å². The van der Waals surface area contributed by atoms with Crippen molar-refractivity contribution >= 4 is 41.8 Å². The molecule has 0 aliphatic carbocycles. The predicted octanol–water partition coefficient (Wildman–Crippen LogP) is 1.87. The van der Waals surface area contributed by atoms with E-state index in [1.807, 2.05) is 24.3 Å². The number of carbonyl (C=O) groups is 2. The third-order valence-corrected chi connectivity index (χ3v) is 4.90. The summed E-state index contributed by atoms with van der Waals surface area (Å²) in [7, 11) is 6.67. The Balaban J connectivity index is 0.00000392. The number of amides is 1. The number of hydrogen-bond acceptors (Lipinski definition) is 4. The number of nitrogens with zero attached hydrogens (tertiary/aromatic N) is 3. The Morgan fingerprint density at radius 1 is 1.32 bits per heavy atom. The number of halogens is 1. The van der Waals surface area contributed by atoms with E-state index < -0.39 is 0 Å². The van der Waals surface area contributed by atoms with Crippen LogP contribution in [0.25, 0.3) is 0 Å². The number of benzene rings is 1. The number of methoxy groups -OCH3 is 1. The van der Waals surface area contributed by atoms with Crippen LogP contribution in [-0.4, -0.2) is 75.5 Å². The van der Waals surface area contributed by atoms with Crippen molar-refractivity contribution in [2.45, 2.75) is 13.3 Å². The first-order valence-corrected chi connectivity index (χ1v) is 9.21. The van der Waals surface area contributed by atoms with E-state index in [0.29, 0.717) is 18.7 Å². The maximum atomic E-state index is 12.1. The molecule has 7 nitrogen and oxygen atoms in total. The molecule has 2 rings (SSSR count). The van der Waals surface area contributed by atoms with Gasteiger partial charge < -0.3 is 19.9 Å². The summed E-state index contributed by atoms with van der Waals surface area (Å²) in [6, 6.07) is 7.68. The van der Waals surface area contributed by atoms with Crippen LogP contribution in [-0.2, 0) is 16.0 Å². The van der Waals surface area contributed by atoms with E-state index in [0.717, 1.165) is 24.5 Å². The van der Waals surface area contributed by atoms with Gasteiger partial charge in [-0.3, -0.25) is 14.6 Å². The van der Waals surface area contributed by atoms with Gasteiger partial charge in [-0.2, -0.15) is 0 Å². The number of rotatable bonds is 5. The van der Waals surface area contributed by atoms with Crippen molar-refractivity contribution in [1.82, 2.24) is 15.1 Å². The molecule has 0 aromatic heterocycles. The Hall–Kier alpha value is -1.84. The molecule has 1 heterocycles. The highest BCUT2D eigenvalue weighted by Gasteiger charge is 2.36. The number of ether oxygens (including phenoxy) is 1. The van der Waals surface area contributed by atoms with Gasteiger partial charge in [-0.15, -0.1) is 24.0 Å². The Morgan fingerprint density at radius 3 is 2.64 bits per heavy atom. The van der Waals surface area contributed by atoms with E-state index >= 15 is 0 Å². The first kappa shape index (κ1) is 24.2. The van der Waals surface area contributed by atoms with Crippen LogP contribution < -0.4 is 5.32 Å². The van der Waals surface area contributed by atoms with Gasteiger partial charge in [0.1, 0.15) is 0 Å². The summed E-state index contributed by atoms with van der Waals surface area (Å²) >= 11 is 0. The molecule has 1 aliphatic rings. The summed E-state index contributed by atoms with van der Waals surface area (Å²) in [5.74, 6) is 0.726. The molecule has 0 bridgehead atoms. The molecule has 2 atom stereocenters. The Morgan fingerprint density at radius 2 is 2.04 bits per heavy atom. The van der Waals surface area contributed by atoms with Gasteiger partial charge in [-0.1, -0.05) is 19.1 Å². The summed E-state index contributed by atoms with van der Waals surface area (Å²) in [6.07, 6.45) is 0.775. The van der Waals surface area contributed by atoms with Gasteiger partial charge in [0.25, 0.3) is 5.91 Å². The molecular weight excluding hydrogens is 471 g/mol. The maximum Gasteiger partial charge on any atom is 0.310 e. The summed E-state index contributed by atoms with van der Waals surface area (Å²) in [6.45, 7) is 4.13. The van der Waals surface area contributed by atoms with Crippen LogP contribution in [0.1, 0.15) is 22.8 Å². The van der Waals surface area contributed by atoms with Crippen molar-refractivity contribution in [2.75, 3.05) is 47.9 Å². The van der Waals surface area contributed by atoms with E-state index in [9.17, 15) is 9.59 Å². The molecule has 1 aromatic rings. The second-order valence-electron chi connectivity index (χ2n) is 7.14. The third-order valence-electron chi connectivity index (χ3n) is 4.90. The fourth-order valence-corrected chi connectivity index (χ4v) is 3.37. The number of carbonyl (C=O) groups excluding carboxylic acids is 2. The highest BCUT2D eigenvalue weighted by atomic mass is 127. The average molecular weight is 502 g/mol. The molecule has 1 aromatic carbocycles. The van der Waals surface area contributed by atoms with E-state index in [4.69, 9.17) is 4.74 Å². The van der Waals surface area contributed by atoms with Gasteiger partial charge in [0.2, 0.25) is 0 Å². The molecule has 156 valence electrons. The smallest absolute Gasteiger partial charge is 0.310 e. The van der Waals surface area contributed by atoms with Crippen LogP contribution in [0.5, 0.6) is 0 Å². The number of esters is 1.